The number of fused-ring (bicyclic) bond motifs is 5. The third kappa shape index (κ3) is 4.37. The summed E-state index contributed by atoms with van der Waals surface area (Å²) < 4.78 is 0. The van der Waals surface area contributed by atoms with E-state index in [2.05, 4.69) is 19.2 Å². The number of aliphatic hydroxyl groups excluding tert-OH is 2. The molecule has 4 saturated carbocycles. The zero-order chi connectivity index (χ0) is 32.9. The first-order valence-electron chi connectivity index (χ1n) is 15.9. The molecule has 0 heterocycles. The maximum absolute atomic E-state index is 14.1. The van der Waals surface area contributed by atoms with Crippen molar-refractivity contribution < 1.29 is 34.8 Å². The quantitative estimate of drug-likeness (QED) is 0.247. The van der Waals surface area contributed by atoms with Gasteiger partial charge in [0, 0.05) is 37.8 Å². The van der Waals surface area contributed by atoms with Gasteiger partial charge >= 0.3 is 0 Å². The molecule has 0 aromatic heterocycles. The molecule has 0 spiro atoms. The van der Waals surface area contributed by atoms with Crippen molar-refractivity contribution in [3.63, 3.8) is 0 Å². The van der Waals surface area contributed by atoms with E-state index in [0.29, 0.717) is 29.4 Å². The Morgan fingerprint density at radius 2 is 1.76 bits per heavy atom. The van der Waals surface area contributed by atoms with Crippen molar-refractivity contribution >= 4 is 28.9 Å². The van der Waals surface area contributed by atoms with E-state index in [-0.39, 0.29) is 29.7 Å². The topological polar surface area (TPSA) is 177 Å². The smallest absolute Gasteiger partial charge is 0.255 e. The number of phenols is 1. The number of benzene rings is 1. The van der Waals surface area contributed by atoms with Crippen molar-refractivity contribution in [2.24, 2.45) is 40.7 Å². The number of nitrogens with two attached hydrogens (primary N) is 1. The van der Waals surface area contributed by atoms with Crippen LogP contribution in [0.3, 0.4) is 0 Å². The predicted octanol–water partition coefficient (Wildman–Crippen LogP) is 2.19. The van der Waals surface area contributed by atoms with Crippen molar-refractivity contribution in [1.29, 1.82) is 0 Å². The van der Waals surface area contributed by atoms with Crippen molar-refractivity contribution in [3.05, 3.63) is 39.7 Å². The average molecular weight is 623 g/mol. The van der Waals surface area contributed by atoms with Crippen LogP contribution in [0, 0.1) is 35.0 Å². The summed E-state index contributed by atoms with van der Waals surface area (Å²) in [5, 5.41) is 49.4. The fourth-order valence-electron chi connectivity index (χ4n) is 9.66. The number of carbonyl (C=O) groups excluding carboxylic acids is 3. The number of nitrogens with zero attached hydrogens (tertiary/aromatic N) is 2. The molecule has 0 aliphatic heterocycles. The predicted molar refractivity (Wildman–Crippen MR) is 168 cm³/mol. The van der Waals surface area contributed by atoms with Crippen LogP contribution in [0.15, 0.2) is 23.0 Å². The van der Waals surface area contributed by atoms with Gasteiger partial charge in [-0.2, -0.15) is 0 Å². The Kier molecular flexibility index (Phi) is 7.41. The van der Waals surface area contributed by atoms with Crippen LogP contribution < -0.4 is 16.0 Å². The fourth-order valence-corrected chi connectivity index (χ4v) is 9.66. The summed E-state index contributed by atoms with van der Waals surface area (Å²) in [6.07, 6.45) is 4.09. The second-order valence-electron chi connectivity index (χ2n) is 14.9. The molecule has 6 aliphatic rings. The summed E-state index contributed by atoms with van der Waals surface area (Å²) in [6.45, 7) is 6.15. The lowest BCUT2D eigenvalue weighted by atomic mass is 9.45. The molecule has 4 fully saturated rings. The number of amides is 1. The van der Waals surface area contributed by atoms with Crippen molar-refractivity contribution in [2.45, 2.75) is 64.1 Å². The van der Waals surface area contributed by atoms with Gasteiger partial charge in [0.2, 0.25) is 5.78 Å². The van der Waals surface area contributed by atoms with Crippen LogP contribution in [0.5, 0.6) is 5.75 Å². The number of primary amides is 1. The zero-order valence-electron chi connectivity index (χ0n) is 27.0. The lowest BCUT2D eigenvalue weighted by Gasteiger charge is -2.60. The lowest BCUT2D eigenvalue weighted by molar-refractivity contribution is -0.153. The first-order valence-corrected chi connectivity index (χ1v) is 15.9. The van der Waals surface area contributed by atoms with Gasteiger partial charge in [-0.3, -0.25) is 19.3 Å². The van der Waals surface area contributed by atoms with Crippen molar-refractivity contribution in [2.75, 3.05) is 39.6 Å². The van der Waals surface area contributed by atoms with Gasteiger partial charge in [0.1, 0.15) is 22.8 Å². The third-order valence-corrected chi connectivity index (χ3v) is 11.9. The molecule has 11 nitrogen and oxygen atoms in total. The van der Waals surface area contributed by atoms with Gasteiger partial charge in [-0.1, -0.05) is 13.8 Å². The van der Waals surface area contributed by atoms with E-state index in [1.54, 1.807) is 20.2 Å². The van der Waals surface area contributed by atoms with Crippen molar-refractivity contribution in [1.82, 2.24) is 10.2 Å². The highest BCUT2D eigenvalue weighted by Crippen LogP contribution is 2.61. The number of phenolic OH excluding ortho intramolecular Hbond substituents is 1. The standard InChI is InChI=1S/C34H46N4O7/c1-33(2)18-8-7-15(20(33)12-18)13-36-14-17-11-22(39)24-19(26(17)37(3)4)9-16-10-21-27(38(5)6)29(41)25(32(35)44)31(43)34(21,45)30(42)23(16)28(24)40/h11,15-16,18,20-21,27,36,39-40,43,45H,7-10,12-14H2,1-6H3,(H2,35,44)/t15-,16+,18?,20?,21+,27+,34+/m1/s1. The Balaban J connectivity index is 1.38. The molecule has 6 aliphatic carbocycles. The van der Waals surface area contributed by atoms with E-state index < -0.39 is 58.0 Å². The second kappa shape index (κ2) is 10.6. The molecule has 244 valence electrons. The van der Waals surface area contributed by atoms with E-state index in [1.807, 2.05) is 19.0 Å². The molecule has 1 amide bonds. The van der Waals surface area contributed by atoms with Crippen LogP contribution in [0.2, 0.25) is 0 Å². The average Bonchev–Trinajstić information content (AvgIpc) is 2.94. The Morgan fingerprint density at radius 1 is 1.07 bits per heavy atom. The number of ketones is 2. The summed E-state index contributed by atoms with van der Waals surface area (Å²) in [4.78, 5) is 43.1. The monoisotopic (exact) mass is 622 g/mol. The molecular formula is C34H46N4O7. The molecule has 7 rings (SSSR count). The van der Waals surface area contributed by atoms with E-state index in [0.717, 1.165) is 23.7 Å². The Bertz CT molecular complexity index is 1560. The summed E-state index contributed by atoms with van der Waals surface area (Å²) in [6, 6.07) is 0.493. The number of nitrogens with one attached hydrogen (secondary N) is 1. The molecule has 7 atom stereocenters. The van der Waals surface area contributed by atoms with Gasteiger partial charge in [0.15, 0.2) is 11.4 Å². The number of hydrogen-bond donors (Lipinski definition) is 6. The SMILES string of the molecule is CN(C)c1c(CNC[C@H]2CCC3CC2C3(C)C)cc(O)c2c1C[C@H]1C[C@H]3[C@H](N(C)C)C(=O)C(C(N)=O)=C(O)[C@@]3(O)C(=O)C1=C2O. The summed E-state index contributed by atoms with van der Waals surface area (Å²) in [7, 11) is 6.97. The van der Waals surface area contributed by atoms with Crippen LogP contribution in [0.25, 0.3) is 5.76 Å². The molecule has 11 heteroatoms. The van der Waals surface area contributed by atoms with Gasteiger partial charge in [0.25, 0.3) is 5.91 Å². The number of likely N-dealkylation sites (N-methyl/N-ethyl adjacent to an activating group) is 1. The van der Waals surface area contributed by atoms with Gasteiger partial charge in [-0.05, 0) is 99.0 Å². The minimum Gasteiger partial charge on any atom is -0.508 e. The molecule has 2 unspecified atom stereocenters. The van der Waals surface area contributed by atoms with Crippen LogP contribution in [0.4, 0.5) is 5.69 Å². The lowest BCUT2D eigenvalue weighted by Crippen LogP contribution is -2.65. The largest absolute Gasteiger partial charge is 0.508 e. The molecule has 45 heavy (non-hydrogen) atoms. The van der Waals surface area contributed by atoms with E-state index >= 15 is 0 Å². The Labute approximate surface area is 263 Å². The highest BCUT2D eigenvalue weighted by atomic mass is 16.3. The second-order valence-corrected chi connectivity index (χ2v) is 14.9. The van der Waals surface area contributed by atoms with Crippen LogP contribution >= 0.6 is 0 Å². The maximum Gasteiger partial charge on any atom is 0.255 e. The van der Waals surface area contributed by atoms with Gasteiger partial charge in [-0.15, -0.1) is 0 Å². The number of aromatic hydroxyl groups is 1. The maximum atomic E-state index is 14.1. The number of carbonyl (C=O) groups is 3. The van der Waals surface area contributed by atoms with E-state index in [4.69, 9.17) is 5.73 Å². The molecule has 7 N–H and O–H groups in total. The number of hydrogen-bond acceptors (Lipinski definition) is 10. The number of aliphatic hydroxyl groups is 3. The van der Waals surface area contributed by atoms with Crippen LogP contribution in [0.1, 0.15) is 56.2 Å². The molecule has 2 bridgehead atoms. The number of rotatable bonds is 7. The normalized spacial score (nSPS) is 33.4. The van der Waals surface area contributed by atoms with Gasteiger partial charge in [-0.25, -0.2) is 0 Å². The fraction of sp³-hybridized carbons (Fsp3) is 0.618. The van der Waals surface area contributed by atoms with E-state index in [9.17, 15) is 34.8 Å². The number of Topliss-reactive ketones (excluding diaryl/α,β-unsaturated/α-hetero) is 2. The number of anilines is 1. The third-order valence-electron chi connectivity index (χ3n) is 11.9. The summed E-state index contributed by atoms with van der Waals surface area (Å²) >= 11 is 0. The first-order chi connectivity index (χ1) is 21.0. The van der Waals surface area contributed by atoms with Crippen LogP contribution in [-0.2, 0) is 27.3 Å². The van der Waals surface area contributed by atoms with Gasteiger partial charge < -0.3 is 36.4 Å². The molecule has 1 aromatic rings. The molecule has 0 saturated heterocycles. The minimum absolute atomic E-state index is 0.0573. The van der Waals surface area contributed by atoms with Crippen LogP contribution in [-0.4, -0.2) is 89.2 Å². The van der Waals surface area contributed by atoms with Crippen molar-refractivity contribution in [3.8, 4) is 5.75 Å². The molecule has 0 radical (unpaired) electrons. The Hall–Kier alpha value is -3.41. The molecule has 1 aromatic carbocycles. The first kappa shape index (κ1) is 31.6. The molecular weight excluding hydrogens is 576 g/mol. The summed E-state index contributed by atoms with van der Waals surface area (Å²) in [5.41, 5.74) is 4.64. The highest BCUT2D eigenvalue weighted by molar-refractivity contribution is 6.24. The van der Waals surface area contributed by atoms with Gasteiger partial charge in [0.05, 0.1) is 11.6 Å². The zero-order valence-corrected chi connectivity index (χ0v) is 27.0. The Morgan fingerprint density at radius 3 is 2.33 bits per heavy atom. The van der Waals surface area contributed by atoms with E-state index in [1.165, 1.54) is 24.2 Å². The minimum atomic E-state index is -2.65. The highest BCUT2D eigenvalue weighted by Gasteiger charge is 2.64. The summed E-state index contributed by atoms with van der Waals surface area (Å²) in [5.74, 6) is -4.37.